The van der Waals surface area contributed by atoms with Crippen LogP contribution < -0.4 is 11.1 Å². The number of amides is 1. The molecule has 3 N–H and O–H groups in total. The number of nitrogens with two attached hydrogens (primary N) is 1. The van der Waals surface area contributed by atoms with Crippen molar-refractivity contribution in [1.29, 1.82) is 5.26 Å². The Morgan fingerprint density at radius 3 is 2.40 bits per heavy atom. The van der Waals surface area contributed by atoms with Gasteiger partial charge in [-0.1, -0.05) is 42.5 Å². The minimum Gasteiger partial charge on any atom is -0.324 e. The number of carbonyl (C=O) groups excluding carboxylic acids is 1. The summed E-state index contributed by atoms with van der Waals surface area (Å²) >= 11 is 0. The third kappa shape index (κ3) is 3.44. The summed E-state index contributed by atoms with van der Waals surface area (Å²) in [5.74, 6) is -0.260. The molecule has 2 rings (SSSR count). The van der Waals surface area contributed by atoms with E-state index >= 15 is 0 Å². The highest BCUT2D eigenvalue weighted by Gasteiger charge is 2.15. The summed E-state index contributed by atoms with van der Waals surface area (Å²) in [5, 5.41) is 11.4. The molecule has 0 fully saturated rings. The summed E-state index contributed by atoms with van der Waals surface area (Å²) in [6.07, 6.45) is 0.359. The highest BCUT2D eigenvalue weighted by molar-refractivity contribution is 5.95. The molecule has 1 amide bonds. The van der Waals surface area contributed by atoms with Gasteiger partial charge in [-0.15, -0.1) is 0 Å². The van der Waals surface area contributed by atoms with Gasteiger partial charge in [0, 0.05) is 5.69 Å². The predicted octanol–water partition coefficient (Wildman–Crippen LogP) is 2.39. The molecule has 0 aliphatic rings. The van der Waals surface area contributed by atoms with Crippen LogP contribution in [0.2, 0.25) is 0 Å². The second kappa shape index (κ2) is 6.50. The van der Waals surface area contributed by atoms with E-state index in [4.69, 9.17) is 11.0 Å². The van der Waals surface area contributed by atoms with Crippen molar-refractivity contribution in [2.75, 3.05) is 5.32 Å². The van der Waals surface area contributed by atoms with E-state index < -0.39 is 6.04 Å². The number of nitrogens with one attached hydrogen (secondary N) is 1. The van der Waals surface area contributed by atoms with Gasteiger partial charge in [-0.25, -0.2) is 0 Å². The summed E-state index contributed by atoms with van der Waals surface area (Å²) in [7, 11) is 0. The van der Waals surface area contributed by atoms with Crippen LogP contribution in [0.5, 0.6) is 0 Å². The molecule has 0 bridgehead atoms. The van der Waals surface area contributed by atoms with E-state index in [9.17, 15) is 4.79 Å². The molecule has 1 atom stereocenters. The first-order chi connectivity index (χ1) is 9.70. The average molecular weight is 265 g/mol. The van der Waals surface area contributed by atoms with E-state index in [2.05, 4.69) is 11.4 Å². The lowest BCUT2D eigenvalue weighted by Crippen LogP contribution is -2.27. The predicted molar refractivity (Wildman–Crippen MR) is 77.8 cm³/mol. The number of hydrogen-bond donors (Lipinski definition) is 2. The van der Waals surface area contributed by atoms with Gasteiger partial charge in [-0.05, 0) is 23.3 Å². The van der Waals surface area contributed by atoms with Crippen molar-refractivity contribution in [3.63, 3.8) is 0 Å². The zero-order chi connectivity index (χ0) is 14.4. The molecule has 4 nitrogen and oxygen atoms in total. The Kier molecular flexibility index (Phi) is 4.48. The van der Waals surface area contributed by atoms with Crippen molar-refractivity contribution in [3.8, 4) is 6.07 Å². The van der Waals surface area contributed by atoms with Crippen LogP contribution in [0.15, 0.2) is 54.6 Å². The monoisotopic (exact) mass is 265 g/mol. The highest BCUT2D eigenvalue weighted by Crippen LogP contribution is 2.14. The molecule has 0 aliphatic carbocycles. The normalized spacial score (nSPS) is 11.4. The molecule has 0 radical (unpaired) electrons. The summed E-state index contributed by atoms with van der Waals surface area (Å²) in [4.78, 5) is 12.0. The van der Waals surface area contributed by atoms with Crippen LogP contribution in [-0.4, -0.2) is 5.91 Å². The molecule has 0 spiro atoms. The molecule has 4 heteroatoms. The Hall–Kier alpha value is -2.64. The van der Waals surface area contributed by atoms with E-state index in [0.717, 1.165) is 11.1 Å². The Bertz CT molecular complexity index is 614. The van der Waals surface area contributed by atoms with Gasteiger partial charge in [0.2, 0.25) is 5.91 Å². The first kappa shape index (κ1) is 13.8. The van der Waals surface area contributed by atoms with Crippen LogP contribution >= 0.6 is 0 Å². The standard InChI is InChI=1S/C16H15N3O/c17-11-10-12-6-8-14(9-7-12)19-16(20)15(18)13-4-2-1-3-5-13/h1-9,15H,10,18H2,(H,19,20). The van der Waals surface area contributed by atoms with Gasteiger partial charge < -0.3 is 11.1 Å². The Morgan fingerprint density at radius 1 is 1.15 bits per heavy atom. The van der Waals surface area contributed by atoms with E-state index in [1.54, 1.807) is 12.1 Å². The van der Waals surface area contributed by atoms with Crippen LogP contribution in [0.3, 0.4) is 0 Å². The number of anilines is 1. The van der Waals surface area contributed by atoms with Crippen molar-refractivity contribution >= 4 is 11.6 Å². The largest absolute Gasteiger partial charge is 0.324 e. The minimum atomic E-state index is -0.699. The lowest BCUT2D eigenvalue weighted by Gasteiger charge is -2.12. The molecule has 2 aromatic carbocycles. The molecule has 2 aromatic rings. The van der Waals surface area contributed by atoms with E-state index in [-0.39, 0.29) is 5.91 Å². The van der Waals surface area contributed by atoms with Gasteiger partial charge in [-0.2, -0.15) is 5.26 Å². The summed E-state index contributed by atoms with van der Waals surface area (Å²) in [6.45, 7) is 0. The lowest BCUT2D eigenvalue weighted by molar-refractivity contribution is -0.117. The number of hydrogen-bond acceptors (Lipinski definition) is 3. The third-order valence-corrected chi connectivity index (χ3v) is 2.95. The number of nitriles is 1. The first-order valence-electron chi connectivity index (χ1n) is 6.28. The fourth-order valence-electron chi connectivity index (χ4n) is 1.83. The van der Waals surface area contributed by atoms with Gasteiger partial charge in [0.1, 0.15) is 6.04 Å². The maximum Gasteiger partial charge on any atom is 0.245 e. The maximum atomic E-state index is 12.0. The summed E-state index contributed by atoms with van der Waals surface area (Å²) < 4.78 is 0. The van der Waals surface area contributed by atoms with Gasteiger partial charge in [0.25, 0.3) is 0 Å². The van der Waals surface area contributed by atoms with E-state index in [1.807, 2.05) is 42.5 Å². The van der Waals surface area contributed by atoms with Crippen LogP contribution in [0, 0.1) is 11.3 Å². The summed E-state index contributed by atoms with van der Waals surface area (Å²) in [6, 6.07) is 17.7. The smallest absolute Gasteiger partial charge is 0.245 e. The topological polar surface area (TPSA) is 78.9 Å². The van der Waals surface area contributed by atoms with Crippen molar-refractivity contribution in [1.82, 2.24) is 0 Å². The number of nitrogens with zero attached hydrogens (tertiary/aromatic N) is 1. The maximum absolute atomic E-state index is 12.0. The van der Waals surface area contributed by atoms with Gasteiger partial charge in [0.15, 0.2) is 0 Å². The van der Waals surface area contributed by atoms with Crippen LogP contribution in [0.25, 0.3) is 0 Å². The molecule has 0 heterocycles. The lowest BCUT2D eigenvalue weighted by atomic mass is 10.1. The fraction of sp³-hybridized carbons (Fsp3) is 0.125. The molecule has 0 saturated heterocycles. The Balaban J connectivity index is 2.03. The molecule has 0 aromatic heterocycles. The SMILES string of the molecule is N#CCc1ccc(NC(=O)C(N)c2ccccc2)cc1. The van der Waals surface area contributed by atoms with Gasteiger partial charge in [-0.3, -0.25) is 4.79 Å². The number of benzene rings is 2. The van der Waals surface area contributed by atoms with Crippen molar-refractivity contribution < 1.29 is 4.79 Å². The van der Waals surface area contributed by atoms with Crippen molar-refractivity contribution in [2.24, 2.45) is 5.73 Å². The fourth-order valence-corrected chi connectivity index (χ4v) is 1.83. The molecule has 0 saturated carbocycles. The summed E-state index contributed by atoms with van der Waals surface area (Å²) in [5.41, 5.74) is 8.26. The van der Waals surface area contributed by atoms with E-state index in [0.29, 0.717) is 12.1 Å². The van der Waals surface area contributed by atoms with E-state index in [1.165, 1.54) is 0 Å². The van der Waals surface area contributed by atoms with Crippen LogP contribution in [0.1, 0.15) is 17.2 Å². The van der Waals surface area contributed by atoms with Gasteiger partial charge in [0.05, 0.1) is 12.5 Å². The first-order valence-corrected chi connectivity index (χ1v) is 6.28. The average Bonchev–Trinajstić information content (AvgIpc) is 2.49. The van der Waals surface area contributed by atoms with Crippen molar-refractivity contribution in [2.45, 2.75) is 12.5 Å². The minimum absolute atomic E-state index is 0.260. The van der Waals surface area contributed by atoms with Crippen LogP contribution in [0.4, 0.5) is 5.69 Å². The molecular formula is C16H15N3O. The third-order valence-electron chi connectivity index (χ3n) is 2.95. The molecular weight excluding hydrogens is 250 g/mol. The number of rotatable bonds is 4. The highest BCUT2D eigenvalue weighted by atomic mass is 16.2. The zero-order valence-electron chi connectivity index (χ0n) is 10.9. The van der Waals surface area contributed by atoms with Gasteiger partial charge >= 0.3 is 0 Å². The second-order valence-electron chi connectivity index (χ2n) is 4.41. The molecule has 100 valence electrons. The second-order valence-corrected chi connectivity index (χ2v) is 4.41. The molecule has 0 aliphatic heterocycles. The van der Waals surface area contributed by atoms with Crippen molar-refractivity contribution in [3.05, 3.63) is 65.7 Å². The quantitative estimate of drug-likeness (QED) is 0.890. The Labute approximate surface area is 117 Å². The number of carbonyl (C=O) groups is 1. The molecule has 20 heavy (non-hydrogen) atoms. The molecule has 1 unspecified atom stereocenters. The Morgan fingerprint density at radius 2 is 1.80 bits per heavy atom. The van der Waals surface area contributed by atoms with Crippen LogP contribution in [-0.2, 0) is 11.2 Å². The zero-order valence-corrected chi connectivity index (χ0v) is 10.9.